The largest absolute Gasteiger partial charge is 0.491 e. The molecule has 20 heavy (non-hydrogen) atoms. The van der Waals surface area contributed by atoms with Crippen molar-refractivity contribution in [3.8, 4) is 5.75 Å². The van der Waals surface area contributed by atoms with E-state index in [1.165, 1.54) is 18.9 Å². The number of rotatable bonds is 8. The molecule has 0 aliphatic rings. The molecule has 114 valence electrons. The minimum absolute atomic E-state index is 0.200. The molecule has 0 aromatic heterocycles. The normalized spacial score (nSPS) is 11.7. The van der Waals surface area contributed by atoms with Gasteiger partial charge in [0.25, 0.3) is 0 Å². The van der Waals surface area contributed by atoms with Crippen molar-refractivity contribution in [3.63, 3.8) is 0 Å². The summed E-state index contributed by atoms with van der Waals surface area (Å²) < 4.78 is 18.9. The average molecular weight is 281 g/mol. The maximum absolute atomic E-state index is 13.4. The van der Waals surface area contributed by atoms with Crippen molar-refractivity contribution in [2.75, 3.05) is 13.2 Å². The molecule has 0 atom stereocenters. The van der Waals surface area contributed by atoms with E-state index in [4.69, 9.17) is 4.74 Å². The Bertz CT molecular complexity index is 398. The lowest BCUT2D eigenvalue weighted by Gasteiger charge is -2.20. The van der Waals surface area contributed by atoms with E-state index in [0.717, 1.165) is 24.9 Å². The minimum Gasteiger partial charge on any atom is -0.491 e. The third kappa shape index (κ3) is 7.49. The second-order valence-corrected chi connectivity index (χ2v) is 6.37. The average Bonchev–Trinajstić information content (AvgIpc) is 2.35. The summed E-state index contributed by atoms with van der Waals surface area (Å²) in [5, 5.41) is 3.47. The molecule has 0 radical (unpaired) electrons. The summed E-state index contributed by atoms with van der Waals surface area (Å²) in [6, 6.07) is 4.97. The van der Waals surface area contributed by atoms with Crippen LogP contribution in [-0.2, 0) is 0 Å². The first-order valence-electron chi connectivity index (χ1n) is 7.52. The summed E-state index contributed by atoms with van der Waals surface area (Å²) in [4.78, 5) is 0. The smallest absolute Gasteiger partial charge is 0.165 e. The standard InChI is InChI=1S/C17H28FNO/c1-14-9-10-15(18)16(13-14)20-12-8-6-5-7-11-19-17(2,3)4/h9-10,13,19H,5-8,11-12H2,1-4H3. The topological polar surface area (TPSA) is 21.3 Å². The molecule has 1 aromatic rings. The Kier molecular flexibility index (Phi) is 7.00. The summed E-state index contributed by atoms with van der Waals surface area (Å²) >= 11 is 0. The number of halogens is 1. The second kappa shape index (κ2) is 8.25. The zero-order valence-electron chi connectivity index (χ0n) is 13.3. The van der Waals surface area contributed by atoms with Crippen molar-refractivity contribution >= 4 is 0 Å². The van der Waals surface area contributed by atoms with Crippen LogP contribution < -0.4 is 10.1 Å². The van der Waals surface area contributed by atoms with E-state index in [2.05, 4.69) is 26.1 Å². The molecule has 0 unspecified atom stereocenters. The SMILES string of the molecule is Cc1ccc(F)c(OCCCCCCNC(C)(C)C)c1. The van der Waals surface area contributed by atoms with Crippen molar-refractivity contribution in [1.29, 1.82) is 0 Å². The highest BCUT2D eigenvalue weighted by Gasteiger charge is 2.07. The number of benzene rings is 1. The van der Waals surface area contributed by atoms with Crippen molar-refractivity contribution in [2.24, 2.45) is 0 Å². The molecule has 0 aliphatic carbocycles. The van der Waals surface area contributed by atoms with Gasteiger partial charge < -0.3 is 10.1 Å². The summed E-state index contributed by atoms with van der Waals surface area (Å²) in [5.74, 6) is 0.101. The monoisotopic (exact) mass is 281 g/mol. The maximum Gasteiger partial charge on any atom is 0.165 e. The fraction of sp³-hybridized carbons (Fsp3) is 0.647. The van der Waals surface area contributed by atoms with Gasteiger partial charge in [-0.1, -0.05) is 18.9 Å². The van der Waals surface area contributed by atoms with Crippen LogP contribution in [0.4, 0.5) is 4.39 Å². The Balaban J connectivity index is 2.06. The van der Waals surface area contributed by atoms with Crippen molar-refractivity contribution in [2.45, 2.75) is 58.9 Å². The van der Waals surface area contributed by atoms with Crippen LogP contribution in [0.15, 0.2) is 18.2 Å². The third-order valence-corrected chi connectivity index (χ3v) is 3.07. The van der Waals surface area contributed by atoms with Gasteiger partial charge in [-0.05, 0) is 64.8 Å². The van der Waals surface area contributed by atoms with Crippen molar-refractivity contribution in [1.82, 2.24) is 5.32 Å². The van der Waals surface area contributed by atoms with Crippen LogP contribution in [0.2, 0.25) is 0 Å². The second-order valence-electron chi connectivity index (χ2n) is 6.37. The van der Waals surface area contributed by atoms with E-state index < -0.39 is 0 Å². The van der Waals surface area contributed by atoms with Crippen LogP contribution in [0.25, 0.3) is 0 Å². The van der Waals surface area contributed by atoms with Crippen LogP contribution in [0.3, 0.4) is 0 Å². The van der Waals surface area contributed by atoms with Crippen molar-refractivity contribution in [3.05, 3.63) is 29.6 Å². The summed E-state index contributed by atoms with van der Waals surface area (Å²) in [7, 11) is 0. The number of hydrogen-bond donors (Lipinski definition) is 1. The zero-order valence-corrected chi connectivity index (χ0v) is 13.3. The lowest BCUT2D eigenvalue weighted by Crippen LogP contribution is -2.36. The zero-order chi connectivity index (χ0) is 15.0. The first kappa shape index (κ1) is 17.0. The van der Waals surface area contributed by atoms with Gasteiger partial charge in [0.1, 0.15) is 0 Å². The molecule has 0 heterocycles. The van der Waals surface area contributed by atoms with Gasteiger partial charge in [0.2, 0.25) is 0 Å². The molecular formula is C17H28FNO. The molecule has 0 spiro atoms. The molecule has 1 rings (SSSR count). The highest BCUT2D eigenvalue weighted by atomic mass is 19.1. The molecule has 3 heteroatoms. The highest BCUT2D eigenvalue weighted by Crippen LogP contribution is 2.18. The first-order chi connectivity index (χ1) is 9.38. The quantitative estimate of drug-likeness (QED) is 0.710. The fourth-order valence-corrected chi connectivity index (χ4v) is 1.95. The van der Waals surface area contributed by atoms with Gasteiger partial charge in [-0.3, -0.25) is 0 Å². The van der Waals surface area contributed by atoms with Crippen LogP contribution >= 0.6 is 0 Å². The lowest BCUT2D eigenvalue weighted by atomic mass is 10.1. The van der Waals surface area contributed by atoms with Gasteiger partial charge in [-0.15, -0.1) is 0 Å². The van der Waals surface area contributed by atoms with Crippen LogP contribution in [0, 0.1) is 12.7 Å². The van der Waals surface area contributed by atoms with E-state index in [1.54, 1.807) is 12.1 Å². The Hall–Kier alpha value is -1.09. The molecule has 0 fully saturated rings. The highest BCUT2D eigenvalue weighted by molar-refractivity contribution is 5.29. The van der Waals surface area contributed by atoms with E-state index >= 15 is 0 Å². The third-order valence-electron chi connectivity index (χ3n) is 3.07. The molecule has 0 amide bonds. The van der Waals surface area contributed by atoms with Crippen LogP contribution in [0.1, 0.15) is 52.0 Å². The minimum atomic E-state index is -0.273. The molecule has 1 N–H and O–H groups in total. The van der Waals surface area contributed by atoms with Crippen LogP contribution in [0.5, 0.6) is 5.75 Å². The molecule has 0 aliphatic heterocycles. The fourth-order valence-electron chi connectivity index (χ4n) is 1.95. The first-order valence-corrected chi connectivity index (χ1v) is 7.52. The number of unbranched alkanes of at least 4 members (excludes halogenated alkanes) is 3. The summed E-state index contributed by atoms with van der Waals surface area (Å²) in [6.07, 6.45) is 4.46. The number of nitrogens with one attached hydrogen (secondary N) is 1. The maximum atomic E-state index is 13.4. The van der Waals surface area contributed by atoms with Gasteiger partial charge in [-0.25, -0.2) is 4.39 Å². The van der Waals surface area contributed by atoms with Gasteiger partial charge in [0.05, 0.1) is 6.61 Å². The van der Waals surface area contributed by atoms with Crippen LogP contribution in [-0.4, -0.2) is 18.7 Å². The van der Waals surface area contributed by atoms with E-state index in [1.807, 2.05) is 6.92 Å². The van der Waals surface area contributed by atoms with Gasteiger partial charge >= 0.3 is 0 Å². The van der Waals surface area contributed by atoms with Crippen molar-refractivity contribution < 1.29 is 9.13 Å². The molecule has 1 aromatic carbocycles. The Morgan fingerprint density at radius 1 is 1.10 bits per heavy atom. The van der Waals surface area contributed by atoms with Gasteiger partial charge in [0, 0.05) is 5.54 Å². The Morgan fingerprint density at radius 3 is 2.50 bits per heavy atom. The number of aryl methyl sites for hydroxylation is 1. The Labute approximate surface area is 122 Å². The molecule has 0 saturated heterocycles. The predicted molar refractivity (Wildman–Crippen MR) is 82.9 cm³/mol. The van der Waals surface area contributed by atoms with Gasteiger partial charge in [0.15, 0.2) is 11.6 Å². The Morgan fingerprint density at radius 2 is 1.80 bits per heavy atom. The predicted octanol–water partition coefficient (Wildman–Crippen LogP) is 4.46. The van der Waals surface area contributed by atoms with E-state index in [0.29, 0.717) is 12.4 Å². The van der Waals surface area contributed by atoms with Gasteiger partial charge in [-0.2, -0.15) is 0 Å². The number of ether oxygens (including phenoxy) is 1. The molecule has 2 nitrogen and oxygen atoms in total. The number of hydrogen-bond acceptors (Lipinski definition) is 2. The summed E-state index contributed by atoms with van der Waals surface area (Å²) in [6.45, 7) is 10.1. The molecular weight excluding hydrogens is 253 g/mol. The van der Waals surface area contributed by atoms with E-state index in [-0.39, 0.29) is 11.4 Å². The molecule has 0 saturated carbocycles. The summed E-state index contributed by atoms with van der Waals surface area (Å²) in [5.41, 5.74) is 1.22. The molecule has 0 bridgehead atoms. The van der Waals surface area contributed by atoms with E-state index in [9.17, 15) is 4.39 Å². The lowest BCUT2D eigenvalue weighted by molar-refractivity contribution is 0.289.